The average Bonchev–Trinajstić information content (AvgIpc) is 2.17. The molecule has 0 aliphatic heterocycles. The van der Waals surface area contributed by atoms with E-state index < -0.39 is 0 Å². The zero-order chi connectivity index (χ0) is 10.4. The summed E-state index contributed by atoms with van der Waals surface area (Å²) < 4.78 is 6.17. The first kappa shape index (κ1) is 11.7. The van der Waals surface area contributed by atoms with Crippen molar-refractivity contribution >= 4 is 33.3 Å². The largest absolute Gasteiger partial charge is 0.369 e. The molecule has 76 valence electrons. The lowest BCUT2D eigenvalue weighted by molar-refractivity contribution is -0.121. The first-order valence-electron chi connectivity index (χ1n) is 4.12. The van der Waals surface area contributed by atoms with Crippen LogP contribution in [0.1, 0.15) is 5.56 Å². The standard InChI is InChI=1S/C10H10BrClO2/c11-9-3-1-2-8(4-9)6-14-7-10(13)5-12/h1-4H,5-7H2. The maximum absolute atomic E-state index is 10.8. The zero-order valence-electron chi connectivity index (χ0n) is 7.50. The maximum Gasteiger partial charge on any atom is 0.173 e. The fourth-order valence-corrected chi connectivity index (χ4v) is 1.47. The highest BCUT2D eigenvalue weighted by Gasteiger charge is 1.99. The molecule has 0 heterocycles. The molecule has 0 aliphatic rings. The molecule has 0 amide bonds. The van der Waals surface area contributed by atoms with Gasteiger partial charge in [-0.05, 0) is 17.7 Å². The van der Waals surface area contributed by atoms with Crippen LogP contribution >= 0.6 is 27.5 Å². The molecule has 0 radical (unpaired) electrons. The van der Waals surface area contributed by atoms with Crippen molar-refractivity contribution in [1.82, 2.24) is 0 Å². The summed E-state index contributed by atoms with van der Waals surface area (Å²) in [5.74, 6) is -0.0833. The second-order valence-corrected chi connectivity index (χ2v) is 3.98. The molecule has 1 aromatic carbocycles. The topological polar surface area (TPSA) is 26.3 Å². The van der Waals surface area contributed by atoms with Crippen LogP contribution in [-0.2, 0) is 16.1 Å². The number of alkyl halides is 1. The molecule has 0 atom stereocenters. The third-order valence-electron chi connectivity index (χ3n) is 1.57. The van der Waals surface area contributed by atoms with Crippen LogP contribution in [-0.4, -0.2) is 18.3 Å². The third kappa shape index (κ3) is 4.22. The van der Waals surface area contributed by atoms with E-state index in [0.717, 1.165) is 10.0 Å². The molecule has 1 rings (SSSR count). The molecule has 0 spiro atoms. The molecule has 0 unspecified atom stereocenters. The van der Waals surface area contributed by atoms with Crippen molar-refractivity contribution in [2.45, 2.75) is 6.61 Å². The average molecular weight is 278 g/mol. The van der Waals surface area contributed by atoms with Gasteiger partial charge in [-0.15, -0.1) is 11.6 Å². The zero-order valence-corrected chi connectivity index (χ0v) is 9.85. The van der Waals surface area contributed by atoms with E-state index in [1.54, 1.807) is 0 Å². The number of carbonyl (C=O) groups is 1. The molecule has 0 fully saturated rings. The van der Waals surface area contributed by atoms with Crippen molar-refractivity contribution in [1.29, 1.82) is 0 Å². The Morgan fingerprint density at radius 1 is 1.50 bits per heavy atom. The first-order valence-corrected chi connectivity index (χ1v) is 5.45. The number of ketones is 1. The lowest BCUT2D eigenvalue weighted by Crippen LogP contribution is -2.09. The van der Waals surface area contributed by atoms with Gasteiger partial charge in [0.2, 0.25) is 0 Å². The number of rotatable bonds is 5. The number of hydrogen-bond donors (Lipinski definition) is 0. The molecular formula is C10H10BrClO2. The SMILES string of the molecule is O=C(CCl)COCc1cccc(Br)c1. The van der Waals surface area contributed by atoms with Gasteiger partial charge in [-0.3, -0.25) is 4.79 Å². The smallest absolute Gasteiger partial charge is 0.173 e. The molecule has 14 heavy (non-hydrogen) atoms. The van der Waals surface area contributed by atoms with E-state index in [1.807, 2.05) is 24.3 Å². The molecule has 4 heteroatoms. The highest BCUT2D eigenvalue weighted by atomic mass is 79.9. The summed E-state index contributed by atoms with van der Waals surface area (Å²) in [6.07, 6.45) is 0. The highest BCUT2D eigenvalue weighted by Crippen LogP contribution is 2.12. The van der Waals surface area contributed by atoms with E-state index in [1.165, 1.54) is 0 Å². The molecular weight excluding hydrogens is 267 g/mol. The third-order valence-corrected chi connectivity index (χ3v) is 2.36. The Morgan fingerprint density at radius 3 is 2.93 bits per heavy atom. The molecule has 1 aromatic rings. The lowest BCUT2D eigenvalue weighted by atomic mass is 10.2. The predicted molar refractivity (Wildman–Crippen MR) is 59.5 cm³/mol. The maximum atomic E-state index is 10.8. The molecule has 0 saturated heterocycles. The number of Topliss-reactive ketones (excluding diaryl/α,β-unsaturated/α-hetero) is 1. The summed E-state index contributed by atoms with van der Waals surface area (Å²) in [6, 6.07) is 7.75. The highest BCUT2D eigenvalue weighted by molar-refractivity contribution is 9.10. The number of benzene rings is 1. The van der Waals surface area contributed by atoms with Gasteiger partial charge in [-0.1, -0.05) is 28.1 Å². The molecule has 0 bridgehead atoms. The van der Waals surface area contributed by atoms with E-state index in [4.69, 9.17) is 16.3 Å². The van der Waals surface area contributed by atoms with Gasteiger partial charge < -0.3 is 4.74 Å². The number of carbonyl (C=O) groups excluding carboxylic acids is 1. The van der Waals surface area contributed by atoms with E-state index in [9.17, 15) is 4.79 Å². The first-order chi connectivity index (χ1) is 6.72. The van der Waals surface area contributed by atoms with Crippen molar-refractivity contribution in [3.8, 4) is 0 Å². The van der Waals surface area contributed by atoms with Crippen LogP contribution in [0.4, 0.5) is 0 Å². The number of hydrogen-bond acceptors (Lipinski definition) is 2. The number of halogens is 2. The van der Waals surface area contributed by atoms with Crippen LogP contribution in [0.15, 0.2) is 28.7 Å². The van der Waals surface area contributed by atoms with Crippen LogP contribution in [0.5, 0.6) is 0 Å². The van der Waals surface area contributed by atoms with Gasteiger partial charge in [-0.2, -0.15) is 0 Å². The summed E-state index contributed by atoms with van der Waals surface area (Å²) in [7, 11) is 0. The van der Waals surface area contributed by atoms with Gasteiger partial charge in [-0.25, -0.2) is 0 Å². The van der Waals surface area contributed by atoms with Gasteiger partial charge in [0.15, 0.2) is 5.78 Å². The monoisotopic (exact) mass is 276 g/mol. The summed E-state index contributed by atoms with van der Waals surface area (Å²) >= 11 is 8.67. The normalized spacial score (nSPS) is 10.1. The Hall–Kier alpha value is -0.380. The molecule has 0 aliphatic carbocycles. The fourth-order valence-electron chi connectivity index (χ4n) is 0.948. The summed E-state index contributed by atoms with van der Waals surface area (Å²) in [4.78, 5) is 10.8. The van der Waals surface area contributed by atoms with Crippen LogP contribution in [0.25, 0.3) is 0 Å². The minimum Gasteiger partial charge on any atom is -0.369 e. The Labute approximate surface area is 96.3 Å². The van der Waals surface area contributed by atoms with Crippen molar-refractivity contribution in [2.75, 3.05) is 12.5 Å². The predicted octanol–water partition coefficient (Wildman–Crippen LogP) is 2.77. The summed E-state index contributed by atoms with van der Waals surface area (Å²) in [5.41, 5.74) is 1.03. The van der Waals surface area contributed by atoms with Crippen LogP contribution < -0.4 is 0 Å². The Morgan fingerprint density at radius 2 is 2.29 bits per heavy atom. The molecule has 0 saturated carbocycles. The molecule has 0 N–H and O–H groups in total. The Bertz CT molecular complexity index is 315. The fraction of sp³-hybridized carbons (Fsp3) is 0.300. The van der Waals surface area contributed by atoms with Gasteiger partial charge in [0, 0.05) is 4.47 Å². The molecule has 0 aromatic heterocycles. The minimum atomic E-state index is -0.0957. The van der Waals surface area contributed by atoms with Gasteiger partial charge >= 0.3 is 0 Å². The van der Waals surface area contributed by atoms with Crippen molar-refractivity contribution in [3.05, 3.63) is 34.3 Å². The van der Waals surface area contributed by atoms with Crippen LogP contribution in [0, 0.1) is 0 Å². The van der Waals surface area contributed by atoms with E-state index in [0.29, 0.717) is 6.61 Å². The van der Waals surface area contributed by atoms with Gasteiger partial charge in [0.25, 0.3) is 0 Å². The van der Waals surface area contributed by atoms with Crippen molar-refractivity contribution < 1.29 is 9.53 Å². The van der Waals surface area contributed by atoms with E-state index in [2.05, 4.69) is 15.9 Å². The minimum absolute atomic E-state index is 0.0124. The van der Waals surface area contributed by atoms with E-state index in [-0.39, 0.29) is 18.3 Å². The number of ether oxygens (including phenoxy) is 1. The quantitative estimate of drug-likeness (QED) is 0.774. The van der Waals surface area contributed by atoms with Crippen molar-refractivity contribution in [3.63, 3.8) is 0 Å². The van der Waals surface area contributed by atoms with Crippen LogP contribution in [0.3, 0.4) is 0 Å². The van der Waals surface area contributed by atoms with Gasteiger partial charge in [0.1, 0.15) is 6.61 Å². The van der Waals surface area contributed by atoms with Crippen LogP contribution in [0.2, 0.25) is 0 Å². The van der Waals surface area contributed by atoms with E-state index >= 15 is 0 Å². The summed E-state index contributed by atoms with van der Waals surface area (Å²) in [6.45, 7) is 0.512. The lowest BCUT2D eigenvalue weighted by Gasteiger charge is -2.02. The second-order valence-electron chi connectivity index (χ2n) is 2.80. The Kier molecular flexibility index (Phi) is 5.15. The second kappa shape index (κ2) is 6.17. The molecule has 2 nitrogen and oxygen atoms in total. The Balaban J connectivity index is 2.35. The summed E-state index contributed by atoms with van der Waals surface area (Å²) in [5, 5.41) is 0. The van der Waals surface area contributed by atoms with Crippen molar-refractivity contribution in [2.24, 2.45) is 0 Å². The van der Waals surface area contributed by atoms with Gasteiger partial charge in [0.05, 0.1) is 12.5 Å².